The molecule has 0 saturated carbocycles. The van der Waals surface area contributed by atoms with Crippen molar-refractivity contribution in [2.75, 3.05) is 45.8 Å². The lowest BCUT2D eigenvalue weighted by molar-refractivity contribution is 0.236. The van der Waals surface area contributed by atoms with E-state index in [0.717, 1.165) is 5.92 Å². The molecular formula is C13H29N3. The van der Waals surface area contributed by atoms with Gasteiger partial charge in [-0.1, -0.05) is 13.8 Å². The number of hydrogen-bond donors (Lipinski definition) is 2. The molecule has 0 aliphatic carbocycles. The van der Waals surface area contributed by atoms with Crippen LogP contribution in [0.1, 0.15) is 33.1 Å². The summed E-state index contributed by atoms with van der Waals surface area (Å²) in [6.45, 7) is 13.1. The maximum atomic E-state index is 3.52. The van der Waals surface area contributed by atoms with E-state index in [1.54, 1.807) is 0 Å². The van der Waals surface area contributed by atoms with E-state index < -0.39 is 0 Å². The van der Waals surface area contributed by atoms with Crippen LogP contribution in [0.5, 0.6) is 0 Å². The van der Waals surface area contributed by atoms with Crippen LogP contribution in [0.25, 0.3) is 0 Å². The van der Waals surface area contributed by atoms with Gasteiger partial charge in [0.15, 0.2) is 0 Å². The zero-order chi connectivity index (χ0) is 11.6. The van der Waals surface area contributed by atoms with E-state index >= 15 is 0 Å². The molecule has 1 saturated heterocycles. The van der Waals surface area contributed by atoms with E-state index in [4.69, 9.17) is 0 Å². The summed E-state index contributed by atoms with van der Waals surface area (Å²) in [5, 5.41) is 6.91. The standard InChI is InChI=1S/C13H29N3/c1-13(2)5-7-14-6-3-4-10-16-11-8-15-9-12-16/h13-15H,3-12H2,1-2H3. The summed E-state index contributed by atoms with van der Waals surface area (Å²) in [7, 11) is 0. The Morgan fingerprint density at radius 1 is 1.12 bits per heavy atom. The Bertz CT molecular complexity index is 153. The number of hydrogen-bond acceptors (Lipinski definition) is 3. The Labute approximate surface area is 101 Å². The summed E-state index contributed by atoms with van der Waals surface area (Å²) in [5.74, 6) is 0.827. The van der Waals surface area contributed by atoms with Gasteiger partial charge < -0.3 is 15.5 Å². The lowest BCUT2D eigenvalue weighted by atomic mass is 10.1. The van der Waals surface area contributed by atoms with E-state index in [9.17, 15) is 0 Å². The minimum absolute atomic E-state index is 0.827. The molecule has 1 rings (SSSR count). The molecule has 0 aromatic heterocycles. The molecule has 1 aliphatic heterocycles. The van der Waals surface area contributed by atoms with Gasteiger partial charge in [-0.3, -0.25) is 0 Å². The Hall–Kier alpha value is -0.120. The molecule has 0 amide bonds. The van der Waals surface area contributed by atoms with Crippen LogP contribution in [0.4, 0.5) is 0 Å². The molecule has 0 atom stereocenters. The molecule has 3 nitrogen and oxygen atoms in total. The molecule has 0 aromatic rings. The Balaban J connectivity index is 1.80. The summed E-state index contributed by atoms with van der Waals surface area (Å²) < 4.78 is 0. The molecule has 1 fully saturated rings. The first-order chi connectivity index (χ1) is 7.79. The quantitative estimate of drug-likeness (QED) is 0.612. The first kappa shape index (κ1) is 13.9. The van der Waals surface area contributed by atoms with Crippen LogP contribution < -0.4 is 10.6 Å². The molecule has 3 heteroatoms. The van der Waals surface area contributed by atoms with Gasteiger partial charge >= 0.3 is 0 Å². The van der Waals surface area contributed by atoms with E-state index in [1.165, 1.54) is 65.1 Å². The van der Waals surface area contributed by atoms with Crippen LogP contribution in [0.2, 0.25) is 0 Å². The maximum absolute atomic E-state index is 3.52. The molecule has 0 aromatic carbocycles. The first-order valence-electron chi connectivity index (χ1n) is 6.93. The normalized spacial score (nSPS) is 18.2. The van der Waals surface area contributed by atoms with E-state index in [2.05, 4.69) is 29.4 Å². The third-order valence-corrected chi connectivity index (χ3v) is 3.19. The van der Waals surface area contributed by atoms with E-state index in [1.807, 2.05) is 0 Å². The van der Waals surface area contributed by atoms with Gasteiger partial charge in [-0.25, -0.2) is 0 Å². The van der Waals surface area contributed by atoms with Crippen molar-refractivity contribution in [3.8, 4) is 0 Å². The Morgan fingerprint density at radius 2 is 1.88 bits per heavy atom. The third kappa shape index (κ3) is 7.20. The number of nitrogens with zero attached hydrogens (tertiary/aromatic N) is 1. The van der Waals surface area contributed by atoms with Gasteiger partial charge in [0.25, 0.3) is 0 Å². The minimum Gasteiger partial charge on any atom is -0.317 e. The minimum atomic E-state index is 0.827. The second-order valence-corrected chi connectivity index (χ2v) is 5.23. The van der Waals surface area contributed by atoms with Gasteiger partial charge in [0.1, 0.15) is 0 Å². The fourth-order valence-corrected chi connectivity index (χ4v) is 2.04. The second kappa shape index (κ2) is 8.97. The Morgan fingerprint density at radius 3 is 2.56 bits per heavy atom. The predicted molar refractivity (Wildman–Crippen MR) is 70.9 cm³/mol. The van der Waals surface area contributed by atoms with Crippen molar-refractivity contribution in [3.63, 3.8) is 0 Å². The highest BCUT2D eigenvalue weighted by Gasteiger charge is 2.07. The summed E-state index contributed by atoms with van der Waals surface area (Å²) in [5.41, 5.74) is 0. The van der Waals surface area contributed by atoms with Crippen molar-refractivity contribution in [2.24, 2.45) is 5.92 Å². The smallest absolute Gasteiger partial charge is 0.0107 e. The largest absolute Gasteiger partial charge is 0.317 e. The fourth-order valence-electron chi connectivity index (χ4n) is 2.04. The average molecular weight is 227 g/mol. The number of rotatable bonds is 8. The van der Waals surface area contributed by atoms with Gasteiger partial charge in [0, 0.05) is 26.2 Å². The maximum Gasteiger partial charge on any atom is 0.0107 e. The van der Waals surface area contributed by atoms with Crippen LogP contribution in [-0.4, -0.2) is 50.7 Å². The van der Waals surface area contributed by atoms with Crippen molar-refractivity contribution in [1.29, 1.82) is 0 Å². The van der Waals surface area contributed by atoms with Crippen molar-refractivity contribution in [1.82, 2.24) is 15.5 Å². The van der Waals surface area contributed by atoms with Gasteiger partial charge in [0.05, 0.1) is 0 Å². The van der Waals surface area contributed by atoms with E-state index in [-0.39, 0.29) is 0 Å². The molecule has 1 aliphatic rings. The van der Waals surface area contributed by atoms with E-state index in [0.29, 0.717) is 0 Å². The third-order valence-electron chi connectivity index (χ3n) is 3.19. The fraction of sp³-hybridized carbons (Fsp3) is 1.00. The van der Waals surface area contributed by atoms with Crippen molar-refractivity contribution in [2.45, 2.75) is 33.1 Å². The highest BCUT2D eigenvalue weighted by atomic mass is 15.2. The van der Waals surface area contributed by atoms with Crippen molar-refractivity contribution < 1.29 is 0 Å². The lowest BCUT2D eigenvalue weighted by Crippen LogP contribution is -2.43. The Kier molecular flexibility index (Phi) is 7.81. The number of nitrogens with one attached hydrogen (secondary N) is 2. The van der Waals surface area contributed by atoms with Crippen LogP contribution in [0.3, 0.4) is 0 Å². The van der Waals surface area contributed by atoms with Crippen LogP contribution in [0.15, 0.2) is 0 Å². The molecule has 0 unspecified atom stereocenters. The molecule has 0 spiro atoms. The molecule has 1 heterocycles. The second-order valence-electron chi connectivity index (χ2n) is 5.23. The number of piperazine rings is 1. The zero-order valence-electron chi connectivity index (χ0n) is 11.1. The summed E-state index contributed by atoms with van der Waals surface area (Å²) in [6, 6.07) is 0. The van der Waals surface area contributed by atoms with Crippen LogP contribution >= 0.6 is 0 Å². The topological polar surface area (TPSA) is 27.3 Å². The van der Waals surface area contributed by atoms with Crippen LogP contribution in [-0.2, 0) is 0 Å². The molecule has 96 valence electrons. The summed E-state index contributed by atoms with van der Waals surface area (Å²) in [4.78, 5) is 2.57. The average Bonchev–Trinajstić information content (AvgIpc) is 2.29. The molecule has 16 heavy (non-hydrogen) atoms. The predicted octanol–water partition coefficient (Wildman–Crippen LogP) is 1.31. The number of unbranched alkanes of at least 4 members (excludes halogenated alkanes) is 1. The van der Waals surface area contributed by atoms with Crippen molar-refractivity contribution >= 4 is 0 Å². The molecule has 0 bridgehead atoms. The first-order valence-corrected chi connectivity index (χ1v) is 6.93. The molecule has 0 radical (unpaired) electrons. The highest BCUT2D eigenvalue weighted by molar-refractivity contribution is 4.67. The van der Waals surface area contributed by atoms with Gasteiger partial charge in [-0.05, 0) is 44.8 Å². The van der Waals surface area contributed by atoms with Gasteiger partial charge in [-0.15, -0.1) is 0 Å². The zero-order valence-corrected chi connectivity index (χ0v) is 11.1. The van der Waals surface area contributed by atoms with Gasteiger partial charge in [0.2, 0.25) is 0 Å². The van der Waals surface area contributed by atoms with Crippen molar-refractivity contribution in [3.05, 3.63) is 0 Å². The summed E-state index contributed by atoms with van der Waals surface area (Å²) >= 11 is 0. The SMILES string of the molecule is CC(C)CCNCCCCN1CCNCC1. The monoisotopic (exact) mass is 227 g/mol. The van der Waals surface area contributed by atoms with Crippen LogP contribution in [0, 0.1) is 5.92 Å². The van der Waals surface area contributed by atoms with Gasteiger partial charge in [-0.2, -0.15) is 0 Å². The lowest BCUT2D eigenvalue weighted by Gasteiger charge is -2.27. The highest BCUT2D eigenvalue weighted by Crippen LogP contribution is 1.98. The summed E-state index contributed by atoms with van der Waals surface area (Å²) in [6.07, 6.45) is 3.97. The molecular weight excluding hydrogens is 198 g/mol. The molecule has 2 N–H and O–H groups in total.